The van der Waals surface area contributed by atoms with Crippen LogP contribution in [-0.2, 0) is 5.75 Å². The van der Waals surface area contributed by atoms with Gasteiger partial charge in [-0.3, -0.25) is 0 Å². The van der Waals surface area contributed by atoms with Crippen LogP contribution >= 0.6 is 11.8 Å². The van der Waals surface area contributed by atoms with E-state index in [1.54, 1.807) is 6.21 Å². The van der Waals surface area contributed by atoms with Gasteiger partial charge in [0.05, 0.1) is 6.21 Å². The van der Waals surface area contributed by atoms with Crippen LogP contribution in [0.25, 0.3) is 0 Å². The maximum atomic E-state index is 5.81. The summed E-state index contributed by atoms with van der Waals surface area (Å²) in [4.78, 5) is 0. The summed E-state index contributed by atoms with van der Waals surface area (Å²) < 4.78 is 0. The Balaban J connectivity index is 1.86. The number of rotatable bonds is 4. The third kappa shape index (κ3) is 4.90. The van der Waals surface area contributed by atoms with Crippen LogP contribution < -0.4 is 5.73 Å². The second-order valence-corrected chi connectivity index (χ2v) is 5.36. The fourth-order valence-corrected chi connectivity index (χ4v) is 2.18. The molecule has 20 heavy (non-hydrogen) atoms. The Morgan fingerprint density at radius 2 is 1.80 bits per heavy atom. The van der Waals surface area contributed by atoms with Crippen LogP contribution in [-0.4, -0.2) is 11.4 Å². The molecule has 2 aromatic carbocycles. The van der Waals surface area contributed by atoms with Crippen molar-refractivity contribution in [1.82, 2.24) is 0 Å². The van der Waals surface area contributed by atoms with Gasteiger partial charge in [0.1, 0.15) is 0 Å². The Morgan fingerprint density at radius 1 is 1.10 bits per heavy atom. The molecule has 0 aliphatic rings. The molecule has 2 aromatic rings. The standard InChI is InChI=1S/C16H17N3S/c1-13-7-9-14(10-8-13)11-18-19-16(17)20-12-15-5-3-2-4-6-15/h2-11H,12H2,1H3,(H2,17,19). The van der Waals surface area contributed by atoms with Crippen LogP contribution in [0.3, 0.4) is 0 Å². The van der Waals surface area contributed by atoms with Gasteiger partial charge in [0.25, 0.3) is 0 Å². The first-order valence-electron chi connectivity index (χ1n) is 6.34. The first kappa shape index (κ1) is 14.3. The number of benzene rings is 2. The average molecular weight is 283 g/mol. The highest BCUT2D eigenvalue weighted by Gasteiger charge is 1.95. The summed E-state index contributed by atoms with van der Waals surface area (Å²) in [6.45, 7) is 2.05. The van der Waals surface area contributed by atoms with Crippen molar-refractivity contribution < 1.29 is 0 Å². The Hall–Kier alpha value is -2.07. The lowest BCUT2D eigenvalue weighted by molar-refractivity contribution is 1.25. The first-order valence-corrected chi connectivity index (χ1v) is 7.32. The molecule has 0 aromatic heterocycles. The summed E-state index contributed by atoms with van der Waals surface area (Å²) in [5, 5.41) is 8.45. The predicted octanol–water partition coefficient (Wildman–Crippen LogP) is 3.58. The monoisotopic (exact) mass is 283 g/mol. The second kappa shape index (κ2) is 7.50. The van der Waals surface area contributed by atoms with Gasteiger partial charge in [-0.15, -0.1) is 5.10 Å². The molecule has 0 saturated carbocycles. The van der Waals surface area contributed by atoms with Crippen molar-refractivity contribution in [2.45, 2.75) is 12.7 Å². The van der Waals surface area contributed by atoms with E-state index in [1.807, 2.05) is 42.5 Å². The van der Waals surface area contributed by atoms with E-state index in [4.69, 9.17) is 5.73 Å². The van der Waals surface area contributed by atoms with E-state index < -0.39 is 0 Å². The maximum absolute atomic E-state index is 5.81. The lowest BCUT2D eigenvalue weighted by Crippen LogP contribution is -2.05. The zero-order valence-electron chi connectivity index (χ0n) is 11.4. The van der Waals surface area contributed by atoms with Crippen molar-refractivity contribution in [3.8, 4) is 0 Å². The SMILES string of the molecule is Cc1ccc(C=NN=C(N)SCc2ccccc2)cc1. The fraction of sp³-hybridized carbons (Fsp3) is 0.125. The van der Waals surface area contributed by atoms with Gasteiger partial charge < -0.3 is 5.73 Å². The van der Waals surface area contributed by atoms with Gasteiger partial charge >= 0.3 is 0 Å². The summed E-state index contributed by atoms with van der Waals surface area (Å²) in [6.07, 6.45) is 1.70. The van der Waals surface area contributed by atoms with Crippen molar-refractivity contribution >= 4 is 23.1 Å². The van der Waals surface area contributed by atoms with Crippen LogP contribution in [0.2, 0.25) is 0 Å². The minimum atomic E-state index is 0.470. The van der Waals surface area contributed by atoms with E-state index in [-0.39, 0.29) is 0 Å². The molecule has 0 aliphatic carbocycles. The van der Waals surface area contributed by atoms with Crippen LogP contribution in [0.4, 0.5) is 0 Å². The molecule has 0 aliphatic heterocycles. The van der Waals surface area contributed by atoms with Gasteiger partial charge in [-0.05, 0) is 18.1 Å². The van der Waals surface area contributed by atoms with Crippen molar-refractivity contribution in [3.63, 3.8) is 0 Å². The molecule has 2 N–H and O–H groups in total. The summed E-state index contributed by atoms with van der Waals surface area (Å²) in [7, 11) is 0. The van der Waals surface area contributed by atoms with Gasteiger partial charge in [0.2, 0.25) is 0 Å². The van der Waals surface area contributed by atoms with E-state index in [2.05, 4.69) is 29.3 Å². The summed E-state index contributed by atoms with van der Waals surface area (Å²) in [6, 6.07) is 18.2. The molecule has 0 saturated heterocycles. The molecule has 0 radical (unpaired) electrons. The van der Waals surface area contributed by atoms with E-state index in [0.29, 0.717) is 5.17 Å². The van der Waals surface area contributed by atoms with Gasteiger partial charge in [0, 0.05) is 5.75 Å². The number of aryl methyl sites for hydroxylation is 1. The van der Waals surface area contributed by atoms with Gasteiger partial charge in [-0.2, -0.15) is 5.10 Å². The largest absolute Gasteiger partial charge is 0.377 e. The molecule has 0 atom stereocenters. The average Bonchev–Trinajstić information content (AvgIpc) is 2.48. The summed E-state index contributed by atoms with van der Waals surface area (Å²) >= 11 is 1.48. The molecule has 0 spiro atoms. The number of hydrogen-bond acceptors (Lipinski definition) is 3. The van der Waals surface area contributed by atoms with Crippen molar-refractivity contribution in [1.29, 1.82) is 0 Å². The lowest BCUT2D eigenvalue weighted by atomic mass is 10.2. The molecular weight excluding hydrogens is 266 g/mol. The zero-order chi connectivity index (χ0) is 14.2. The van der Waals surface area contributed by atoms with Crippen LogP contribution in [0.15, 0.2) is 64.8 Å². The zero-order valence-corrected chi connectivity index (χ0v) is 12.2. The third-order valence-corrected chi connectivity index (χ3v) is 3.53. The highest BCUT2D eigenvalue weighted by Crippen LogP contribution is 2.11. The van der Waals surface area contributed by atoms with E-state index >= 15 is 0 Å². The minimum absolute atomic E-state index is 0.470. The minimum Gasteiger partial charge on any atom is -0.377 e. The second-order valence-electron chi connectivity index (χ2n) is 4.37. The van der Waals surface area contributed by atoms with Crippen molar-refractivity contribution in [3.05, 3.63) is 71.3 Å². The Kier molecular flexibility index (Phi) is 5.38. The summed E-state index contributed by atoms with van der Waals surface area (Å²) in [5.41, 5.74) is 9.27. The number of nitrogens with zero attached hydrogens (tertiary/aromatic N) is 2. The fourth-order valence-electron chi connectivity index (χ4n) is 1.57. The van der Waals surface area contributed by atoms with Crippen LogP contribution in [0, 0.1) is 6.92 Å². The van der Waals surface area contributed by atoms with Crippen molar-refractivity contribution in [2.24, 2.45) is 15.9 Å². The predicted molar refractivity (Wildman–Crippen MR) is 88.1 cm³/mol. The van der Waals surface area contributed by atoms with E-state index in [0.717, 1.165) is 11.3 Å². The van der Waals surface area contributed by atoms with Crippen molar-refractivity contribution in [2.75, 3.05) is 0 Å². The molecule has 0 unspecified atom stereocenters. The van der Waals surface area contributed by atoms with Gasteiger partial charge in [-0.1, -0.05) is 71.9 Å². The van der Waals surface area contributed by atoms with Gasteiger partial charge in [0.15, 0.2) is 5.17 Å². The van der Waals surface area contributed by atoms with Crippen LogP contribution in [0.5, 0.6) is 0 Å². The molecule has 0 bridgehead atoms. The highest BCUT2D eigenvalue weighted by atomic mass is 32.2. The number of thioether (sulfide) groups is 1. The third-order valence-electron chi connectivity index (χ3n) is 2.67. The quantitative estimate of drug-likeness (QED) is 0.530. The van der Waals surface area contributed by atoms with E-state index in [9.17, 15) is 0 Å². The Labute approximate surface area is 123 Å². The molecule has 0 fully saturated rings. The molecular formula is C16H17N3S. The Bertz CT molecular complexity index is 589. The normalized spacial score (nSPS) is 11.9. The molecule has 2 rings (SSSR count). The molecule has 102 valence electrons. The lowest BCUT2D eigenvalue weighted by Gasteiger charge is -1.99. The smallest absolute Gasteiger partial charge is 0.180 e. The van der Waals surface area contributed by atoms with E-state index in [1.165, 1.54) is 22.9 Å². The van der Waals surface area contributed by atoms with Gasteiger partial charge in [-0.25, -0.2) is 0 Å². The topological polar surface area (TPSA) is 50.7 Å². The summed E-state index contributed by atoms with van der Waals surface area (Å²) in [5.74, 6) is 0.802. The van der Waals surface area contributed by atoms with Crippen LogP contribution in [0.1, 0.15) is 16.7 Å². The number of hydrogen-bond donors (Lipinski definition) is 1. The number of amidine groups is 1. The molecule has 0 amide bonds. The maximum Gasteiger partial charge on any atom is 0.180 e. The molecule has 0 heterocycles. The molecule has 3 nitrogen and oxygen atoms in total. The number of nitrogens with two attached hydrogens (primary N) is 1. The highest BCUT2D eigenvalue weighted by molar-refractivity contribution is 8.13. The Morgan fingerprint density at radius 3 is 2.50 bits per heavy atom. The molecule has 4 heteroatoms. The first-order chi connectivity index (χ1) is 9.74.